The highest BCUT2D eigenvalue weighted by Gasteiger charge is 2.31. The molecule has 2 amide bonds. The molecule has 2 aromatic rings. The molecule has 1 fully saturated rings. The molecule has 1 unspecified atom stereocenters. The first kappa shape index (κ1) is 17.5. The van der Waals surface area contributed by atoms with Crippen LogP contribution in [0.4, 0.5) is 4.79 Å². The van der Waals surface area contributed by atoms with Gasteiger partial charge >= 0.3 is 6.03 Å². The Morgan fingerprint density at radius 1 is 1.16 bits per heavy atom. The third kappa shape index (κ3) is 4.20. The van der Waals surface area contributed by atoms with Crippen molar-refractivity contribution in [2.75, 3.05) is 26.5 Å². The van der Waals surface area contributed by atoms with Crippen LogP contribution in [0, 0.1) is 0 Å². The molecule has 0 spiro atoms. The topological polar surface area (TPSA) is 50.8 Å². The predicted molar refractivity (Wildman–Crippen MR) is 100 cm³/mol. The van der Waals surface area contributed by atoms with E-state index in [0.717, 1.165) is 34.9 Å². The Morgan fingerprint density at radius 2 is 1.84 bits per heavy atom. The SMILES string of the molecule is COc1cc(OC)cc(C2SCCN2C(=O)NCc2ccccc2)c1. The van der Waals surface area contributed by atoms with Crippen molar-refractivity contribution >= 4 is 17.8 Å². The number of nitrogens with zero attached hydrogens (tertiary/aromatic N) is 1. The second kappa shape index (κ2) is 8.16. The Morgan fingerprint density at radius 3 is 2.48 bits per heavy atom. The van der Waals surface area contributed by atoms with Gasteiger partial charge in [-0.2, -0.15) is 0 Å². The minimum atomic E-state index is -0.0550. The van der Waals surface area contributed by atoms with Gasteiger partial charge in [0.05, 0.1) is 14.2 Å². The number of rotatable bonds is 5. The Balaban J connectivity index is 1.72. The molecule has 1 N–H and O–H groups in total. The summed E-state index contributed by atoms with van der Waals surface area (Å²) in [7, 11) is 3.26. The van der Waals surface area contributed by atoms with E-state index < -0.39 is 0 Å². The van der Waals surface area contributed by atoms with Gasteiger partial charge in [-0.15, -0.1) is 11.8 Å². The van der Waals surface area contributed by atoms with Crippen molar-refractivity contribution in [1.82, 2.24) is 10.2 Å². The lowest BCUT2D eigenvalue weighted by Gasteiger charge is -2.25. The van der Waals surface area contributed by atoms with Crippen LogP contribution in [0.15, 0.2) is 48.5 Å². The maximum atomic E-state index is 12.7. The molecule has 1 atom stereocenters. The lowest BCUT2D eigenvalue weighted by molar-refractivity contribution is 0.199. The zero-order valence-corrected chi connectivity index (χ0v) is 15.2. The molecule has 1 aliphatic heterocycles. The van der Waals surface area contributed by atoms with Crippen molar-refractivity contribution in [2.24, 2.45) is 0 Å². The maximum Gasteiger partial charge on any atom is 0.318 e. The van der Waals surface area contributed by atoms with E-state index in [1.165, 1.54) is 0 Å². The highest BCUT2D eigenvalue weighted by Crippen LogP contribution is 2.40. The normalized spacial score (nSPS) is 16.6. The van der Waals surface area contributed by atoms with Crippen molar-refractivity contribution in [3.8, 4) is 11.5 Å². The highest BCUT2D eigenvalue weighted by molar-refractivity contribution is 7.99. The van der Waals surface area contributed by atoms with E-state index in [9.17, 15) is 4.79 Å². The molecule has 5 nitrogen and oxygen atoms in total. The van der Waals surface area contributed by atoms with Crippen molar-refractivity contribution in [1.29, 1.82) is 0 Å². The number of carbonyl (C=O) groups is 1. The molecule has 25 heavy (non-hydrogen) atoms. The van der Waals surface area contributed by atoms with Gasteiger partial charge in [0.15, 0.2) is 0 Å². The molecule has 6 heteroatoms. The number of ether oxygens (including phenoxy) is 2. The van der Waals surface area contributed by atoms with Crippen LogP contribution in [0.1, 0.15) is 16.5 Å². The van der Waals surface area contributed by atoms with Gasteiger partial charge in [-0.25, -0.2) is 4.79 Å². The minimum absolute atomic E-state index is 0.0419. The number of methoxy groups -OCH3 is 2. The van der Waals surface area contributed by atoms with Crippen LogP contribution < -0.4 is 14.8 Å². The third-order valence-corrected chi connectivity index (χ3v) is 5.36. The van der Waals surface area contributed by atoms with Gasteiger partial charge in [0, 0.05) is 24.9 Å². The summed E-state index contributed by atoms with van der Waals surface area (Å²) >= 11 is 1.75. The summed E-state index contributed by atoms with van der Waals surface area (Å²) in [6.45, 7) is 1.24. The number of amides is 2. The lowest BCUT2D eigenvalue weighted by atomic mass is 10.2. The number of carbonyl (C=O) groups excluding carboxylic acids is 1. The first-order valence-electron chi connectivity index (χ1n) is 8.14. The fourth-order valence-corrected chi connectivity index (χ4v) is 4.04. The van der Waals surface area contributed by atoms with Gasteiger partial charge in [0.25, 0.3) is 0 Å². The number of urea groups is 1. The molecule has 0 bridgehead atoms. The summed E-state index contributed by atoms with van der Waals surface area (Å²) in [6.07, 6.45) is 0. The van der Waals surface area contributed by atoms with Crippen LogP contribution in [0.5, 0.6) is 11.5 Å². The maximum absolute atomic E-state index is 12.7. The standard InChI is InChI=1S/C19H22N2O3S/c1-23-16-10-15(11-17(12-16)24-2)18-21(8-9-25-18)19(22)20-13-14-6-4-3-5-7-14/h3-7,10-12,18H,8-9,13H2,1-2H3,(H,20,22). The number of hydrogen-bond acceptors (Lipinski definition) is 4. The Labute approximate surface area is 152 Å². The van der Waals surface area contributed by atoms with E-state index in [4.69, 9.17) is 9.47 Å². The van der Waals surface area contributed by atoms with Gasteiger partial charge in [-0.05, 0) is 23.3 Å². The number of benzene rings is 2. The van der Waals surface area contributed by atoms with Crippen molar-refractivity contribution < 1.29 is 14.3 Å². The second-order valence-electron chi connectivity index (χ2n) is 5.71. The molecule has 0 saturated carbocycles. The average Bonchev–Trinajstić information content (AvgIpc) is 3.16. The van der Waals surface area contributed by atoms with E-state index in [-0.39, 0.29) is 11.4 Å². The summed E-state index contributed by atoms with van der Waals surface area (Å²) in [5, 5.41) is 2.97. The minimum Gasteiger partial charge on any atom is -0.497 e. The van der Waals surface area contributed by atoms with E-state index in [2.05, 4.69) is 5.32 Å². The van der Waals surface area contributed by atoms with Crippen molar-refractivity contribution in [2.45, 2.75) is 11.9 Å². The lowest BCUT2D eigenvalue weighted by Crippen LogP contribution is -2.39. The van der Waals surface area contributed by atoms with Crippen molar-refractivity contribution in [3.05, 3.63) is 59.7 Å². The molecular weight excluding hydrogens is 336 g/mol. The second-order valence-corrected chi connectivity index (χ2v) is 6.89. The molecule has 0 aliphatic carbocycles. The largest absolute Gasteiger partial charge is 0.497 e. The Kier molecular flexibility index (Phi) is 5.71. The van der Waals surface area contributed by atoms with Gasteiger partial charge in [0.2, 0.25) is 0 Å². The first-order chi connectivity index (χ1) is 12.2. The first-order valence-corrected chi connectivity index (χ1v) is 9.19. The molecule has 1 saturated heterocycles. The highest BCUT2D eigenvalue weighted by atomic mass is 32.2. The number of nitrogens with one attached hydrogen (secondary N) is 1. The smallest absolute Gasteiger partial charge is 0.318 e. The molecule has 3 rings (SSSR count). The fraction of sp³-hybridized carbons (Fsp3) is 0.316. The summed E-state index contributed by atoms with van der Waals surface area (Å²) in [6, 6.07) is 15.6. The van der Waals surface area contributed by atoms with Crippen molar-refractivity contribution in [3.63, 3.8) is 0 Å². The molecule has 0 radical (unpaired) electrons. The van der Waals surface area contributed by atoms with Crippen LogP contribution in [-0.4, -0.2) is 37.4 Å². The van der Waals surface area contributed by atoms with Crippen LogP contribution >= 0.6 is 11.8 Å². The van der Waals surface area contributed by atoms with Crippen LogP contribution in [0.25, 0.3) is 0 Å². The summed E-state index contributed by atoms with van der Waals surface area (Å²) in [5.74, 6) is 2.36. The quantitative estimate of drug-likeness (QED) is 0.886. The summed E-state index contributed by atoms with van der Waals surface area (Å²) < 4.78 is 10.7. The Hall–Kier alpha value is -2.34. The van der Waals surface area contributed by atoms with E-state index in [1.807, 2.05) is 53.4 Å². The molecule has 1 aliphatic rings. The van der Waals surface area contributed by atoms with E-state index in [0.29, 0.717) is 6.54 Å². The number of hydrogen-bond donors (Lipinski definition) is 1. The zero-order chi connectivity index (χ0) is 17.6. The molecule has 1 heterocycles. The average molecular weight is 358 g/mol. The zero-order valence-electron chi connectivity index (χ0n) is 14.4. The number of thioether (sulfide) groups is 1. The van der Waals surface area contributed by atoms with Gasteiger partial charge in [-0.3, -0.25) is 0 Å². The predicted octanol–water partition coefficient (Wildman–Crippen LogP) is 3.66. The van der Waals surface area contributed by atoms with Crippen LogP contribution in [-0.2, 0) is 6.54 Å². The summed E-state index contributed by atoms with van der Waals surface area (Å²) in [5.41, 5.74) is 2.09. The van der Waals surface area contributed by atoms with Crippen LogP contribution in [0.2, 0.25) is 0 Å². The molecular formula is C19H22N2O3S. The molecule has 132 valence electrons. The van der Waals surface area contributed by atoms with E-state index in [1.54, 1.807) is 26.0 Å². The Bertz CT molecular complexity index is 702. The van der Waals surface area contributed by atoms with Gasteiger partial charge < -0.3 is 19.7 Å². The molecule has 2 aromatic carbocycles. The fourth-order valence-electron chi connectivity index (χ4n) is 2.80. The van der Waals surface area contributed by atoms with E-state index >= 15 is 0 Å². The van der Waals surface area contributed by atoms with Crippen LogP contribution in [0.3, 0.4) is 0 Å². The third-order valence-electron chi connectivity index (χ3n) is 4.10. The van der Waals surface area contributed by atoms with Gasteiger partial charge in [0.1, 0.15) is 16.9 Å². The van der Waals surface area contributed by atoms with Gasteiger partial charge in [-0.1, -0.05) is 30.3 Å². The monoisotopic (exact) mass is 358 g/mol. The molecule has 0 aromatic heterocycles. The summed E-state index contributed by atoms with van der Waals surface area (Å²) in [4.78, 5) is 14.5.